The molecule has 1 amide bonds. The minimum atomic E-state index is 0.0410. The van der Waals surface area contributed by atoms with Crippen LogP contribution in [0.1, 0.15) is 18.1 Å². The summed E-state index contributed by atoms with van der Waals surface area (Å²) in [7, 11) is 3.23. The maximum Gasteiger partial charge on any atom is 0.338 e. The Hall–Kier alpha value is -2.66. The number of primary amides is 1. The van der Waals surface area contributed by atoms with Gasteiger partial charge in [-0.3, -0.25) is 10.3 Å². The Kier molecular flexibility index (Phi) is 6.51. The lowest BCUT2D eigenvalue weighted by molar-refractivity contribution is -0.564. The van der Waals surface area contributed by atoms with Crippen LogP contribution in [0.2, 0.25) is 0 Å². The fourth-order valence-corrected chi connectivity index (χ4v) is 2.35. The second-order valence-electron chi connectivity index (χ2n) is 5.41. The zero-order chi connectivity index (χ0) is 17.4. The number of rotatable bonds is 7. The van der Waals surface area contributed by atoms with E-state index in [2.05, 4.69) is 4.98 Å². The van der Waals surface area contributed by atoms with Gasteiger partial charge in [0.1, 0.15) is 0 Å². The van der Waals surface area contributed by atoms with Crippen LogP contribution in [0.15, 0.2) is 48.3 Å². The number of quaternary nitrogens is 1. The van der Waals surface area contributed by atoms with Crippen molar-refractivity contribution < 1.29 is 19.6 Å². The van der Waals surface area contributed by atoms with Crippen LogP contribution in [-0.2, 0) is 11.2 Å². The Balaban J connectivity index is 1.89. The molecule has 0 aliphatic heterocycles. The summed E-state index contributed by atoms with van der Waals surface area (Å²) in [6.07, 6.45) is 6.07. The van der Waals surface area contributed by atoms with Gasteiger partial charge < -0.3 is 9.47 Å². The molecule has 5 heteroatoms. The average Bonchev–Trinajstić information content (AvgIpc) is 2.62. The predicted octanol–water partition coefficient (Wildman–Crippen LogP) is 1.83. The Morgan fingerprint density at radius 1 is 1.21 bits per heavy atom. The number of nitrogens with zero attached hydrogens (tertiary/aromatic N) is 1. The Bertz CT molecular complexity index is 712. The number of hydrogen-bond acceptors (Lipinski definition) is 4. The molecule has 2 N–H and O–H groups in total. The fourth-order valence-electron chi connectivity index (χ4n) is 2.35. The third-order valence-electron chi connectivity index (χ3n) is 3.67. The van der Waals surface area contributed by atoms with E-state index in [-0.39, 0.29) is 5.91 Å². The van der Waals surface area contributed by atoms with Crippen molar-refractivity contribution in [1.29, 1.82) is 0 Å². The van der Waals surface area contributed by atoms with E-state index < -0.39 is 0 Å². The van der Waals surface area contributed by atoms with E-state index in [1.54, 1.807) is 31.9 Å². The van der Waals surface area contributed by atoms with Gasteiger partial charge in [-0.2, -0.15) is 0 Å². The smallest absolute Gasteiger partial charge is 0.338 e. The van der Waals surface area contributed by atoms with Crippen LogP contribution in [0, 0.1) is 0 Å². The predicted molar refractivity (Wildman–Crippen MR) is 92.9 cm³/mol. The molecule has 0 atom stereocenters. The maximum atomic E-state index is 12.2. The Morgan fingerprint density at radius 3 is 2.67 bits per heavy atom. The number of carbonyl (C=O) groups is 1. The molecule has 126 valence electrons. The number of ether oxygens (including phenoxy) is 2. The van der Waals surface area contributed by atoms with E-state index in [9.17, 15) is 4.79 Å². The lowest BCUT2D eigenvalue weighted by Gasteiger charge is -2.09. The van der Waals surface area contributed by atoms with E-state index in [4.69, 9.17) is 9.47 Å². The van der Waals surface area contributed by atoms with Gasteiger partial charge in [-0.1, -0.05) is 12.1 Å². The monoisotopic (exact) mass is 327 g/mol. The molecule has 5 nitrogen and oxygen atoms in total. The first-order chi connectivity index (χ1) is 11.6. The van der Waals surface area contributed by atoms with Crippen LogP contribution in [0.25, 0.3) is 6.08 Å². The van der Waals surface area contributed by atoms with Crippen LogP contribution in [0.3, 0.4) is 0 Å². The van der Waals surface area contributed by atoms with Crippen LogP contribution in [0.4, 0.5) is 0 Å². The van der Waals surface area contributed by atoms with Crippen LogP contribution >= 0.6 is 0 Å². The minimum Gasteiger partial charge on any atom is -0.493 e. The lowest BCUT2D eigenvalue weighted by Crippen LogP contribution is -2.88. The van der Waals surface area contributed by atoms with E-state index in [0.29, 0.717) is 23.6 Å². The molecular formula is C19H23N2O3+. The summed E-state index contributed by atoms with van der Waals surface area (Å²) in [5, 5.41) is 1.72. The van der Waals surface area contributed by atoms with Crippen molar-refractivity contribution in [2.75, 3.05) is 20.8 Å². The molecule has 2 rings (SSSR count). The van der Waals surface area contributed by atoms with Gasteiger partial charge in [0, 0.05) is 18.8 Å². The topological polar surface area (TPSA) is 65.0 Å². The number of carbonyl (C=O) groups excluding carboxylic acids is 1. The molecule has 0 aliphatic rings. The van der Waals surface area contributed by atoms with Crippen molar-refractivity contribution in [1.82, 2.24) is 4.98 Å². The SMILES string of the molecule is COc1ccc(CC[NH2+]C(=O)/C(C)=C/c2cccnc2)cc1OC. The van der Waals surface area contributed by atoms with Crippen molar-refractivity contribution in [3.63, 3.8) is 0 Å². The summed E-state index contributed by atoms with van der Waals surface area (Å²) >= 11 is 0. The van der Waals surface area contributed by atoms with E-state index in [1.165, 1.54) is 0 Å². The molecular weight excluding hydrogens is 304 g/mol. The number of pyridine rings is 1. The zero-order valence-electron chi connectivity index (χ0n) is 14.3. The molecule has 2 aromatic rings. The summed E-state index contributed by atoms with van der Waals surface area (Å²) in [6.45, 7) is 2.49. The summed E-state index contributed by atoms with van der Waals surface area (Å²) in [5.74, 6) is 1.45. The minimum absolute atomic E-state index is 0.0410. The largest absolute Gasteiger partial charge is 0.493 e. The highest BCUT2D eigenvalue weighted by Gasteiger charge is 2.10. The molecule has 0 spiro atoms. The molecule has 0 fully saturated rings. The normalized spacial score (nSPS) is 11.2. The van der Waals surface area contributed by atoms with Gasteiger partial charge >= 0.3 is 5.91 Å². The molecule has 0 saturated carbocycles. The molecule has 0 radical (unpaired) electrons. The number of nitrogens with two attached hydrogens (primary N) is 1. The highest BCUT2D eigenvalue weighted by Crippen LogP contribution is 2.27. The standard InChI is InChI=1S/C19H22N2O3/c1-14(11-16-5-4-9-20-13-16)19(22)21-10-8-15-6-7-17(23-2)18(12-15)24-3/h4-7,9,11-13H,8,10H2,1-3H3,(H,21,22)/p+1/b14-11+. The van der Waals surface area contributed by atoms with Gasteiger partial charge in [0.15, 0.2) is 11.5 Å². The van der Waals surface area contributed by atoms with Crippen molar-refractivity contribution in [2.45, 2.75) is 13.3 Å². The Labute approximate surface area is 142 Å². The van der Waals surface area contributed by atoms with Gasteiger partial charge in [0.2, 0.25) is 0 Å². The Morgan fingerprint density at radius 2 is 2.00 bits per heavy atom. The first kappa shape index (κ1) is 17.7. The van der Waals surface area contributed by atoms with E-state index in [0.717, 1.165) is 17.5 Å². The molecule has 1 heterocycles. The summed E-state index contributed by atoms with van der Waals surface area (Å²) < 4.78 is 10.5. The van der Waals surface area contributed by atoms with Crippen molar-refractivity contribution in [3.8, 4) is 11.5 Å². The third-order valence-corrected chi connectivity index (χ3v) is 3.67. The highest BCUT2D eigenvalue weighted by molar-refractivity contribution is 5.90. The van der Waals surface area contributed by atoms with Gasteiger partial charge in [0.05, 0.1) is 26.3 Å². The highest BCUT2D eigenvalue weighted by atomic mass is 16.5. The molecule has 1 aromatic carbocycles. The number of hydrogen-bond donors (Lipinski definition) is 1. The summed E-state index contributed by atoms with van der Waals surface area (Å²) in [5.41, 5.74) is 2.73. The fraction of sp³-hybridized carbons (Fsp3) is 0.263. The second-order valence-corrected chi connectivity index (χ2v) is 5.41. The van der Waals surface area contributed by atoms with Gasteiger partial charge in [0.25, 0.3) is 0 Å². The quantitative estimate of drug-likeness (QED) is 0.788. The number of amides is 1. The van der Waals surface area contributed by atoms with Gasteiger partial charge in [-0.25, -0.2) is 4.79 Å². The second kappa shape index (κ2) is 8.84. The van der Waals surface area contributed by atoms with Crippen LogP contribution in [-0.4, -0.2) is 31.7 Å². The summed E-state index contributed by atoms with van der Waals surface area (Å²) in [4.78, 5) is 16.2. The number of aromatic nitrogens is 1. The third kappa shape index (κ3) is 4.93. The number of benzene rings is 1. The molecule has 0 saturated heterocycles. The number of methoxy groups -OCH3 is 2. The summed E-state index contributed by atoms with van der Waals surface area (Å²) in [6, 6.07) is 9.58. The average molecular weight is 327 g/mol. The van der Waals surface area contributed by atoms with E-state index >= 15 is 0 Å². The molecule has 0 unspecified atom stereocenters. The molecule has 0 aliphatic carbocycles. The molecule has 1 aromatic heterocycles. The van der Waals surface area contributed by atoms with Gasteiger partial charge in [-0.15, -0.1) is 0 Å². The lowest BCUT2D eigenvalue weighted by atomic mass is 10.1. The first-order valence-corrected chi connectivity index (χ1v) is 7.81. The van der Waals surface area contributed by atoms with Crippen LogP contribution < -0.4 is 14.8 Å². The van der Waals surface area contributed by atoms with Gasteiger partial charge in [-0.05, 0) is 42.3 Å². The molecule has 0 bridgehead atoms. The van der Waals surface area contributed by atoms with Crippen molar-refractivity contribution in [3.05, 3.63) is 59.4 Å². The van der Waals surface area contributed by atoms with Crippen molar-refractivity contribution in [2.24, 2.45) is 0 Å². The van der Waals surface area contributed by atoms with E-state index in [1.807, 2.05) is 43.3 Å². The van der Waals surface area contributed by atoms with Crippen LogP contribution in [0.5, 0.6) is 11.5 Å². The van der Waals surface area contributed by atoms with Crippen molar-refractivity contribution >= 4 is 12.0 Å². The molecule has 24 heavy (non-hydrogen) atoms. The zero-order valence-corrected chi connectivity index (χ0v) is 14.3. The first-order valence-electron chi connectivity index (χ1n) is 7.81. The maximum absolute atomic E-state index is 12.2.